The molecule has 2 heterocycles. The van der Waals surface area contributed by atoms with Gasteiger partial charge >= 0.3 is 0 Å². The van der Waals surface area contributed by atoms with Gasteiger partial charge in [0.2, 0.25) is 5.91 Å². The molecule has 0 bridgehead atoms. The summed E-state index contributed by atoms with van der Waals surface area (Å²) in [5, 5.41) is 3.67. The number of methoxy groups -OCH3 is 1. The van der Waals surface area contributed by atoms with Crippen molar-refractivity contribution in [3.63, 3.8) is 0 Å². The zero-order valence-corrected chi connectivity index (χ0v) is 20.2. The second-order valence-electron chi connectivity index (χ2n) is 8.76. The maximum Gasteiger partial charge on any atom is 0.222 e. The average molecular weight is 487 g/mol. The van der Waals surface area contributed by atoms with Crippen molar-refractivity contribution in [3.8, 4) is 11.5 Å². The van der Waals surface area contributed by atoms with Gasteiger partial charge in [0.05, 0.1) is 23.3 Å². The van der Waals surface area contributed by atoms with E-state index in [0.29, 0.717) is 53.6 Å². The van der Waals surface area contributed by atoms with Crippen molar-refractivity contribution in [2.75, 3.05) is 25.5 Å². The topological polar surface area (TPSA) is 76.6 Å². The summed E-state index contributed by atoms with van der Waals surface area (Å²) in [6.07, 6.45) is 3.43. The van der Waals surface area contributed by atoms with Gasteiger partial charge in [-0.15, -0.1) is 0 Å². The number of nitrogens with zero attached hydrogens (tertiary/aromatic N) is 3. The predicted molar refractivity (Wildman–Crippen MR) is 130 cm³/mol. The van der Waals surface area contributed by atoms with E-state index >= 15 is 0 Å². The van der Waals surface area contributed by atoms with Gasteiger partial charge in [0.1, 0.15) is 18.2 Å². The maximum absolute atomic E-state index is 14.4. The molecule has 1 aliphatic rings. The molecule has 0 atom stereocenters. The summed E-state index contributed by atoms with van der Waals surface area (Å²) in [5.74, 6) is 1.51. The number of nitrogens with one attached hydrogen (secondary N) is 1. The summed E-state index contributed by atoms with van der Waals surface area (Å²) >= 11 is 5.90. The molecule has 0 aliphatic carbocycles. The Bertz CT molecular complexity index is 1180. The minimum absolute atomic E-state index is 0.0218. The first kappa shape index (κ1) is 24.0. The van der Waals surface area contributed by atoms with Crippen LogP contribution in [0.5, 0.6) is 11.5 Å². The molecule has 1 saturated heterocycles. The SMILES string of the molecule is COc1cc2c(Nc3cccc(Cl)c3F)ncnc2cc1OC1CCN(C(=O)CC(C)C)CC1. The molecule has 0 unspecified atom stereocenters. The smallest absolute Gasteiger partial charge is 0.222 e. The zero-order chi connectivity index (χ0) is 24.2. The highest BCUT2D eigenvalue weighted by Gasteiger charge is 2.25. The van der Waals surface area contributed by atoms with Gasteiger partial charge in [-0.2, -0.15) is 0 Å². The van der Waals surface area contributed by atoms with Crippen LogP contribution >= 0.6 is 11.6 Å². The lowest BCUT2D eigenvalue weighted by atomic mass is 10.0. The number of hydrogen-bond donors (Lipinski definition) is 1. The molecule has 1 amide bonds. The minimum atomic E-state index is -0.555. The van der Waals surface area contributed by atoms with E-state index in [0.717, 1.165) is 12.8 Å². The Hall–Kier alpha value is -3.13. The highest BCUT2D eigenvalue weighted by Crippen LogP contribution is 2.36. The minimum Gasteiger partial charge on any atom is -0.493 e. The second kappa shape index (κ2) is 10.4. The summed E-state index contributed by atoms with van der Waals surface area (Å²) in [6.45, 7) is 5.45. The number of anilines is 2. The number of amides is 1. The van der Waals surface area contributed by atoms with Crippen molar-refractivity contribution in [1.29, 1.82) is 0 Å². The fourth-order valence-corrected chi connectivity index (χ4v) is 4.20. The molecule has 9 heteroatoms. The molecule has 1 N–H and O–H groups in total. The quantitative estimate of drug-likeness (QED) is 0.469. The van der Waals surface area contributed by atoms with Gasteiger partial charge in [-0.25, -0.2) is 14.4 Å². The Morgan fingerprint density at radius 3 is 2.71 bits per heavy atom. The van der Waals surface area contributed by atoms with E-state index in [1.54, 1.807) is 31.4 Å². The highest BCUT2D eigenvalue weighted by atomic mass is 35.5. The van der Waals surface area contributed by atoms with Gasteiger partial charge in [-0.1, -0.05) is 31.5 Å². The number of piperidine rings is 1. The molecule has 0 spiro atoms. The number of likely N-dealkylation sites (tertiary alicyclic amines) is 1. The molecular weight excluding hydrogens is 459 g/mol. The van der Waals surface area contributed by atoms with Crippen molar-refractivity contribution < 1.29 is 18.7 Å². The third-order valence-corrected chi connectivity index (χ3v) is 6.09. The van der Waals surface area contributed by atoms with Crippen LogP contribution in [0.4, 0.5) is 15.9 Å². The molecule has 0 saturated carbocycles. The van der Waals surface area contributed by atoms with Crippen LogP contribution < -0.4 is 14.8 Å². The first-order chi connectivity index (χ1) is 16.4. The lowest BCUT2D eigenvalue weighted by Gasteiger charge is -2.33. The van der Waals surface area contributed by atoms with E-state index in [-0.39, 0.29) is 22.7 Å². The number of rotatable bonds is 7. The van der Waals surface area contributed by atoms with Crippen LogP contribution in [0.25, 0.3) is 10.9 Å². The van der Waals surface area contributed by atoms with Gasteiger partial charge in [-0.05, 0) is 24.1 Å². The number of benzene rings is 2. The van der Waals surface area contributed by atoms with Gasteiger partial charge in [0.15, 0.2) is 17.3 Å². The molecule has 1 aromatic heterocycles. The lowest BCUT2D eigenvalue weighted by Crippen LogP contribution is -2.42. The summed E-state index contributed by atoms with van der Waals surface area (Å²) in [6, 6.07) is 8.30. The molecule has 7 nitrogen and oxygen atoms in total. The summed E-state index contributed by atoms with van der Waals surface area (Å²) in [7, 11) is 1.56. The Balaban J connectivity index is 1.52. The molecule has 4 rings (SSSR count). The number of carbonyl (C=O) groups excluding carboxylic acids is 1. The molecule has 2 aromatic carbocycles. The van der Waals surface area contributed by atoms with Gasteiger partial charge in [-0.3, -0.25) is 4.79 Å². The van der Waals surface area contributed by atoms with Crippen molar-refractivity contribution in [3.05, 3.63) is 47.5 Å². The van der Waals surface area contributed by atoms with Crippen molar-refractivity contribution in [2.24, 2.45) is 5.92 Å². The van der Waals surface area contributed by atoms with Crippen molar-refractivity contribution >= 4 is 39.9 Å². The number of fused-ring (bicyclic) bond motifs is 1. The normalized spacial score (nSPS) is 14.5. The molecule has 180 valence electrons. The third kappa shape index (κ3) is 5.33. The lowest BCUT2D eigenvalue weighted by molar-refractivity contribution is -0.133. The molecular formula is C25H28ClFN4O3. The standard InChI is InChI=1S/C25H28ClFN4O3/c1-15(2)11-23(32)31-9-7-16(8-10-31)34-22-13-20-17(12-21(22)33-3)25(29-14-28-20)30-19-6-4-5-18(26)24(19)27/h4-6,12-16H,7-11H2,1-3H3,(H,28,29,30). The second-order valence-corrected chi connectivity index (χ2v) is 9.17. The number of ether oxygens (including phenoxy) is 2. The van der Waals surface area contributed by atoms with Gasteiger partial charge in [0.25, 0.3) is 0 Å². The molecule has 1 fully saturated rings. The molecule has 1 aliphatic heterocycles. The Labute approximate surface area is 203 Å². The van der Waals surface area contributed by atoms with Crippen LogP contribution in [-0.4, -0.2) is 47.1 Å². The Kier molecular flexibility index (Phi) is 7.36. The number of aromatic nitrogens is 2. The largest absolute Gasteiger partial charge is 0.493 e. The Morgan fingerprint density at radius 2 is 2.00 bits per heavy atom. The van der Waals surface area contributed by atoms with Crippen LogP contribution in [0.1, 0.15) is 33.1 Å². The van der Waals surface area contributed by atoms with E-state index in [1.165, 1.54) is 12.4 Å². The molecule has 3 aromatic rings. The number of halogens is 2. The summed E-state index contributed by atoms with van der Waals surface area (Å²) < 4.78 is 26.2. The summed E-state index contributed by atoms with van der Waals surface area (Å²) in [4.78, 5) is 22.9. The highest BCUT2D eigenvalue weighted by molar-refractivity contribution is 6.31. The number of hydrogen-bond acceptors (Lipinski definition) is 6. The maximum atomic E-state index is 14.4. The van der Waals surface area contributed by atoms with Crippen LogP contribution in [0, 0.1) is 11.7 Å². The summed E-state index contributed by atoms with van der Waals surface area (Å²) in [5.41, 5.74) is 0.839. The van der Waals surface area contributed by atoms with Gasteiger partial charge < -0.3 is 19.7 Å². The van der Waals surface area contributed by atoms with E-state index < -0.39 is 5.82 Å². The first-order valence-electron chi connectivity index (χ1n) is 11.3. The third-order valence-electron chi connectivity index (χ3n) is 5.80. The monoisotopic (exact) mass is 486 g/mol. The van der Waals surface area contributed by atoms with E-state index in [1.807, 2.05) is 4.90 Å². The van der Waals surface area contributed by atoms with Crippen LogP contribution in [-0.2, 0) is 4.79 Å². The zero-order valence-electron chi connectivity index (χ0n) is 19.5. The average Bonchev–Trinajstić information content (AvgIpc) is 2.82. The van der Waals surface area contributed by atoms with Crippen LogP contribution in [0.2, 0.25) is 5.02 Å². The first-order valence-corrected chi connectivity index (χ1v) is 11.7. The predicted octanol–water partition coefficient (Wildman–Crippen LogP) is 5.59. The van der Waals surface area contributed by atoms with Crippen LogP contribution in [0.3, 0.4) is 0 Å². The van der Waals surface area contributed by atoms with Crippen molar-refractivity contribution in [1.82, 2.24) is 14.9 Å². The molecule has 34 heavy (non-hydrogen) atoms. The van der Waals surface area contributed by atoms with Gasteiger partial charge in [0, 0.05) is 43.8 Å². The fraction of sp³-hybridized carbons (Fsp3) is 0.400. The van der Waals surface area contributed by atoms with E-state index in [9.17, 15) is 9.18 Å². The van der Waals surface area contributed by atoms with E-state index in [4.69, 9.17) is 21.1 Å². The van der Waals surface area contributed by atoms with Crippen LogP contribution in [0.15, 0.2) is 36.7 Å². The molecule has 0 radical (unpaired) electrons. The fourth-order valence-electron chi connectivity index (χ4n) is 4.02. The Morgan fingerprint density at radius 1 is 1.24 bits per heavy atom. The number of carbonyl (C=O) groups is 1. The van der Waals surface area contributed by atoms with Crippen molar-refractivity contribution in [2.45, 2.75) is 39.2 Å². The van der Waals surface area contributed by atoms with E-state index in [2.05, 4.69) is 29.1 Å².